The summed E-state index contributed by atoms with van der Waals surface area (Å²) in [6, 6.07) is 3.38. The van der Waals surface area contributed by atoms with Crippen molar-refractivity contribution in [1.29, 1.82) is 0 Å². The molecule has 5 heteroatoms. The molecule has 0 bridgehead atoms. The number of benzene rings is 1. The summed E-state index contributed by atoms with van der Waals surface area (Å²) in [5.74, 6) is -1.22. The van der Waals surface area contributed by atoms with Gasteiger partial charge in [-0.3, -0.25) is 4.79 Å². The van der Waals surface area contributed by atoms with Crippen LogP contribution in [0, 0.1) is 11.6 Å². The zero-order valence-corrected chi connectivity index (χ0v) is 10.9. The van der Waals surface area contributed by atoms with E-state index in [1.165, 1.54) is 12.1 Å². The molecular weight excluding hydrogens is 250 g/mol. The summed E-state index contributed by atoms with van der Waals surface area (Å²) >= 11 is 0. The molecule has 0 saturated carbocycles. The van der Waals surface area contributed by atoms with E-state index in [-0.39, 0.29) is 5.91 Å². The standard InChI is InChI=1S/C14H20F2N2O/c15-12-8-11(9-13(16)10-12)5-7-18-14(19)4-2-1-3-6-17/h8-10H,1-7,17H2,(H,18,19). The van der Waals surface area contributed by atoms with E-state index in [2.05, 4.69) is 5.32 Å². The molecular formula is C14H20F2N2O. The summed E-state index contributed by atoms with van der Waals surface area (Å²) in [6.45, 7) is 1.03. The summed E-state index contributed by atoms with van der Waals surface area (Å²) in [4.78, 5) is 11.4. The lowest BCUT2D eigenvalue weighted by molar-refractivity contribution is -0.121. The molecule has 0 radical (unpaired) electrons. The Morgan fingerprint density at radius 1 is 1.11 bits per heavy atom. The second-order valence-electron chi connectivity index (χ2n) is 4.48. The van der Waals surface area contributed by atoms with Gasteiger partial charge in [-0.05, 0) is 43.5 Å². The molecule has 0 heterocycles. The molecule has 1 amide bonds. The highest BCUT2D eigenvalue weighted by Gasteiger charge is 2.03. The fourth-order valence-corrected chi connectivity index (χ4v) is 1.80. The van der Waals surface area contributed by atoms with Crippen LogP contribution in [0.5, 0.6) is 0 Å². The van der Waals surface area contributed by atoms with Crippen LogP contribution in [0.1, 0.15) is 31.2 Å². The molecule has 0 spiro atoms. The summed E-state index contributed by atoms with van der Waals surface area (Å²) in [6.07, 6.45) is 3.58. The summed E-state index contributed by atoms with van der Waals surface area (Å²) < 4.78 is 25.8. The monoisotopic (exact) mass is 270 g/mol. The van der Waals surface area contributed by atoms with Crippen LogP contribution in [0.2, 0.25) is 0 Å². The van der Waals surface area contributed by atoms with Crippen molar-refractivity contribution in [3.63, 3.8) is 0 Å². The van der Waals surface area contributed by atoms with Gasteiger partial charge in [0.15, 0.2) is 0 Å². The van der Waals surface area contributed by atoms with Gasteiger partial charge in [0, 0.05) is 19.0 Å². The second kappa shape index (κ2) is 8.58. The van der Waals surface area contributed by atoms with Gasteiger partial charge >= 0.3 is 0 Å². The molecule has 106 valence electrons. The van der Waals surface area contributed by atoms with Crippen molar-refractivity contribution in [3.05, 3.63) is 35.4 Å². The zero-order chi connectivity index (χ0) is 14.1. The lowest BCUT2D eigenvalue weighted by atomic mass is 10.1. The molecule has 0 saturated heterocycles. The van der Waals surface area contributed by atoms with Gasteiger partial charge in [0.05, 0.1) is 0 Å². The number of carbonyl (C=O) groups is 1. The van der Waals surface area contributed by atoms with Crippen molar-refractivity contribution < 1.29 is 13.6 Å². The van der Waals surface area contributed by atoms with Crippen LogP contribution >= 0.6 is 0 Å². The molecule has 19 heavy (non-hydrogen) atoms. The maximum Gasteiger partial charge on any atom is 0.220 e. The highest BCUT2D eigenvalue weighted by molar-refractivity contribution is 5.75. The van der Waals surface area contributed by atoms with Gasteiger partial charge < -0.3 is 11.1 Å². The third kappa shape index (κ3) is 6.86. The van der Waals surface area contributed by atoms with Crippen LogP contribution in [-0.4, -0.2) is 19.0 Å². The average molecular weight is 270 g/mol. The number of hydrogen-bond acceptors (Lipinski definition) is 2. The fourth-order valence-electron chi connectivity index (χ4n) is 1.80. The van der Waals surface area contributed by atoms with Crippen LogP contribution in [0.3, 0.4) is 0 Å². The summed E-state index contributed by atoms with van der Waals surface area (Å²) in [5.41, 5.74) is 5.90. The minimum absolute atomic E-state index is 0.0334. The van der Waals surface area contributed by atoms with Gasteiger partial charge in [0.2, 0.25) is 5.91 Å². The van der Waals surface area contributed by atoms with Crippen LogP contribution in [0.15, 0.2) is 18.2 Å². The van der Waals surface area contributed by atoms with Crippen molar-refractivity contribution in [2.75, 3.05) is 13.1 Å². The number of carbonyl (C=O) groups excluding carboxylic acids is 1. The topological polar surface area (TPSA) is 55.1 Å². The van der Waals surface area contributed by atoms with Crippen LogP contribution in [0.25, 0.3) is 0 Å². The Balaban J connectivity index is 2.20. The normalized spacial score (nSPS) is 10.5. The van der Waals surface area contributed by atoms with E-state index in [0.717, 1.165) is 25.3 Å². The Kier molecular flexibility index (Phi) is 7.03. The molecule has 0 aliphatic heterocycles. The first kappa shape index (κ1) is 15.6. The van der Waals surface area contributed by atoms with Crippen molar-refractivity contribution in [2.45, 2.75) is 32.1 Å². The third-order valence-electron chi connectivity index (χ3n) is 2.77. The van der Waals surface area contributed by atoms with E-state index >= 15 is 0 Å². The van der Waals surface area contributed by atoms with Crippen molar-refractivity contribution >= 4 is 5.91 Å². The van der Waals surface area contributed by atoms with Gasteiger partial charge in [-0.15, -0.1) is 0 Å². The second-order valence-corrected chi connectivity index (χ2v) is 4.48. The number of hydrogen-bond donors (Lipinski definition) is 2. The number of halogens is 2. The number of unbranched alkanes of at least 4 members (excludes halogenated alkanes) is 2. The summed E-state index contributed by atoms with van der Waals surface area (Å²) in [7, 11) is 0. The highest BCUT2D eigenvalue weighted by atomic mass is 19.1. The molecule has 0 fully saturated rings. The molecule has 1 aromatic rings. The number of nitrogens with two attached hydrogens (primary N) is 1. The molecule has 1 rings (SSSR count). The van der Waals surface area contributed by atoms with Crippen LogP contribution in [0.4, 0.5) is 8.78 Å². The minimum Gasteiger partial charge on any atom is -0.356 e. The predicted molar refractivity (Wildman–Crippen MR) is 70.6 cm³/mol. The van der Waals surface area contributed by atoms with Crippen LogP contribution in [-0.2, 0) is 11.2 Å². The first-order valence-corrected chi connectivity index (χ1v) is 6.53. The molecule has 0 aromatic heterocycles. The number of amides is 1. The number of rotatable bonds is 8. The first-order valence-electron chi connectivity index (χ1n) is 6.53. The van der Waals surface area contributed by atoms with E-state index in [1.54, 1.807) is 0 Å². The predicted octanol–water partition coefficient (Wildman–Crippen LogP) is 2.14. The van der Waals surface area contributed by atoms with Crippen molar-refractivity contribution in [1.82, 2.24) is 5.32 Å². The minimum atomic E-state index is -0.594. The maximum absolute atomic E-state index is 12.9. The van der Waals surface area contributed by atoms with E-state index in [9.17, 15) is 13.6 Å². The Morgan fingerprint density at radius 2 is 1.79 bits per heavy atom. The molecule has 0 unspecified atom stereocenters. The van der Waals surface area contributed by atoms with Gasteiger partial charge in [-0.1, -0.05) is 6.42 Å². The number of nitrogens with one attached hydrogen (secondary N) is 1. The fraction of sp³-hybridized carbons (Fsp3) is 0.500. The molecule has 0 aliphatic carbocycles. The van der Waals surface area contributed by atoms with E-state index < -0.39 is 11.6 Å². The maximum atomic E-state index is 12.9. The van der Waals surface area contributed by atoms with Crippen molar-refractivity contribution in [2.24, 2.45) is 5.73 Å². The van der Waals surface area contributed by atoms with E-state index in [1.807, 2.05) is 0 Å². The lowest BCUT2D eigenvalue weighted by Crippen LogP contribution is -2.25. The summed E-state index contributed by atoms with van der Waals surface area (Å²) in [5, 5.41) is 2.73. The Hall–Kier alpha value is -1.49. The van der Waals surface area contributed by atoms with Crippen molar-refractivity contribution in [3.8, 4) is 0 Å². The first-order chi connectivity index (χ1) is 9.11. The Bertz CT molecular complexity index is 390. The largest absolute Gasteiger partial charge is 0.356 e. The molecule has 3 N–H and O–H groups in total. The smallest absolute Gasteiger partial charge is 0.220 e. The molecule has 1 aromatic carbocycles. The van der Waals surface area contributed by atoms with E-state index in [0.29, 0.717) is 31.5 Å². The quantitative estimate of drug-likeness (QED) is 0.711. The van der Waals surface area contributed by atoms with Gasteiger partial charge in [-0.25, -0.2) is 8.78 Å². The van der Waals surface area contributed by atoms with Gasteiger partial charge in [0.25, 0.3) is 0 Å². The third-order valence-corrected chi connectivity index (χ3v) is 2.77. The molecule has 0 atom stereocenters. The van der Waals surface area contributed by atoms with Gasteiger partial charge in [0.1, 0.15) is 11.6 Å². The SMILES string of the molecule is NCCCCCC(=O)NCCc1cc(F)cc(F)c1. The highest BCUT2D eigenvalue weighted by Crippen LogP contribution is 2.08. The lowest BCUT2D eigenvalue weighted by Gasteiger charge is -2.05. The Labute approximate surface area is 112 Å². The average Bonchev–Trinajstić information content (AvgIpc) is 2.33. The Morgan fingerprint density at radius 3 is 2.42 bits per heavy atom. The molecule has 0 aliphatic rings. The van der Waals surface area contributed by atoms with E-state index in [4.69, 9.17) is 5.73 Å². The van der Waals surface area contributed by atoms with Crippen LogP contribution < -0.4 is 11.1 Å². The molecule has 3 nitrogen and oxygen atoms in total. The van der Waals surface area contributed by atoms with Gasteiger partial charge in [-0.2, -0.15) is 0 Å². The zero-order valence-electron chi connectivity index (χ0n) is 10.9.